The van der Waals surface area contributed by atoms with Gasteiger partial charge in [-0.15, -0.1) is 0 Å². The molecule has 6 N–H and O–H groups in total. The number of aliphatic carboxylic acids is 2. The molecule has 0 fully saturated rings. The van der Waals surface area contributed by atoms with Crippen LogP contribution in [0.2, 0.25) is 0 Å². The zero-order chi connectivity index (χ0) is 39.6. The number of aliphatic hydroxyl groups excluding tert-OH is 2. The van der Waals surface area contributed by atoms with Crippen molar-refractivity contribution < 1.29 is 39.5 Å². The summed E-state index contributed by atoms with van der Waals surface area (Å²) >= 11 is 0. The number of aromatic nitrogens is 2. The zero-order valence-corrected chi connectivity index (χ0v) is 31.8. The zero-order valence-electron chi connectivity index (χ0n) is 31.8. The molecular formula is C42H52N4O8. The Labute approximate surface area is 317 Å². The van der Waals surface area contributed by atoms with Gasteiger partial charge in [-0.05, 0) is 71.5 Å². The molecule has 0 amide bonds. The number of rotatable bonds is 19. The van der Waals surface area contributed by atoms with Crippen molar-refractivity contribution in [3.8, 4) is 22.9 Å². The first kappa shape index (κ1) is 43.0. The van der Waals surface area contributed by atoms with E-state index in [1.54, 1.807) is 14.2 Å². The van der Waals surface area contributed by atoms with Gasteiger partial charge in [-0.2, -0.15) is 0 Å². The fourth-order valence-corrected chi connectivity index (χ4v) is 5.67. The lowest BCUT2D eigenvalue weighted by atomic mass is 9.91. The molecule has 2 aromatic heterocycles. The highest BCUT2D eigenvalue weighted by Gasteiger charge is 2.13. The van der Waals surface area contributed by atoms with Crippen LogP contribution in [-0.4, -0.2) is 81.8 Å². The first-order valence-electron chi connectivity index (χ1n) is 17.8. The lowest BCUT2D eigenvalue weighted by Gasteiger charge is -2.14. The van der Waals surface area contributed by atoms with Crippen LogP contribution in [0.4, 0.5) is 0 Å². The van der Waals surface area contributed by atoms with Crippen LogP contribution >= 0.6 is 0 Å². The van der Waals surface area contributed by atoms with Crippen LogP contribution < -0.4 is 20.1 Å². The number of carbonyl (C=O) groups is 2. The third-order valence-corrected chi connectivity index (χ3v) is 8.43. The number of nitrogens with zero attached hydrogens (tertiary/aromatic N) is 2. The molecule has 12 heteroatoms. The summed E-state index contributed by atoms with van der Waals surface area (Å²) in [6.07, 6.45) is 5.29. The molecule has 2 unspecified atom stereocenters. The predicted octanol–water partition coefficient (Wildman–Crippen LogP) is 6.00. The number of carboxylic acids is 2. The van der Waals surface area contributed by atoms with E-state index in [-0.39, 0.29) is 25.9 Å². The van der Waals surface area contributed by atoms with Crippen LogP contribution in [0.3, 0.4) is 0 Å². The van der Waals surface area contributed by atoms with Gasteiger partial charge in [0.25, 0.3) is 0 Å². The maximum absolute atomic E-state index is 10.8. The molecule has 0 saturated carbocycles. The van der Waals surface area contributed by atoms with Crippen molar-refractivity contribution in [2.75, 3.05) is 27.3 Å². The summed E-state index contributed by atoms with van der Waals surface area (Å²) in [5, 5.41) is 43.4. The topological polar surface area (TPSA) is 183 Å². The average Bonchev–Trinajstić information content (AvgIpc) is 3.15. The molecule has 0 aliphatic carbocycles. The summed E-state index contributed by atoms with van der Waals surface area (Å²) in [7, 11) is 3.09. The minimum atomic E-state index is -1.05. The second kappa shape index (κ2) is 22.0. The van der Waals surface area contributed by atoms with Crippen molar-refractivity contribution in [3.05, 3.63) is 105 Å². The summed E-state index contributed by atoms with van der Waals surface area (Å²) in [4.78, 5) is 30.8. The number of benzene rings is 2. The molecule has 4 rings (SSSR count). The monoisotopic (exact) mass is 740 g/mol. The molecule has 0 bridgehead atoms. The van der Waals surface area contributed by atoms with Crippen molar-refractivity contribution in [1.29, 1.82) is 0 Å². The number of methoxy groups -OCH3 is 2. The molecule has 0 aliphatic rings. The second-order valence-electron chi connectivity index (χ2n) is 12.3. The summed E-state index contributed by atoms with van der Waals surface area (Å²) < 4.78 is 11.0. The van der Waals surface area contributed by atoms with Crippen LogP contribution in [0.1, 0.15) is 71.5 Å². The lowest BCUT2D eigenvalue weighted by Crippen LogP contribution is -2.28. The van der Waals surface area contributed by atoms with Crippen molar-refractivity contribution >= 4 is 36.2 Å². The number of hydrogen-bond acceptors (Lipinski definition) is 10. The third kappa shape index (κ3) is 12.9. The number of carboxylic acid groups (broad SMARTS) is 2. The van der Waals surface area contributed by atoms with Crippen LogP contribution in [0.25, 0.3) is 35.4 Å². The maximum Gasteiger partial charge on any atom is 0.306 e. The van der Waals surface area contributed by atoms with Crippen LogP contribution in [0, 0.1) is 13.8 Å². The first-order valence-corrected chi connectivity index (χ1v) is 17.8. The normalized spacial score (nSPS) is 12.3. The molecule has 2 aromatic carbocycles. The Balaban J connectivity index is 0.00000385. The van der Waals surface area contributed by atoms with Crippen molar-refractivity contribution in [3.63, 3.8) is 0 Å². The molecule has 2 heterocycles. The SMILES string of the molecule is CC.COc1nc(/C=C/c2cccc(-c3cccc(/C=C/c4ccc(CNCC(O)CC(=O)O)c(OC)n4)c3C)c2C)ccc1CNCC(O)CC(=O)O. The van der Waals surface area contributed by atoms with Gasteiger partial charge >= 0.3 is 11.9 Å². The molecule has 2 atom stereocenters. The molecule has 0 aliphatic heterocycles. The predicted molar refractivity (Wildman–Crippen MR) is 212 cm³/mol. The summed E-state index contributed by atoms with van der Waals surface area (Å²) in [6.45, 7) is 9.20. The maximum atomic E-state index is 10.8. The smallest absolute Gasteiger partial charge is 0.306 e. The minimum absolute atomic E-state index is 0.137. The molecule has 12 nitrogen and oxygen atoms in total. The fraction of sp³-hybridized carbons (Fsp3) is 0.333. The highest BCUT2D eigenvalue weighted by Crippen LogP contribution is 2.32. The van der Waals surface area contributed by atoms with Gasteiger partial charge in [0.2, 0.25) is 11.8 Å². The Morgan fingerprint density at radius 1 is 0.648 bits per heavy atom. The molecule has 0 saturated heterocycles. The first-order chi connectivity index (χ1) is 26.0. The van der Waals surface area contributed by atoms with E-state index in [2.05, 4.69) is 58.7 Å². The Hall–Kier alpha value is -5.40. The molecule has 288 valence electrons. The van der Waals surface area contributed by atoms with E-state index in [9.17, 15) is 19.8 Å². The summed E-state index contributed by atoms with van der Waals surface area (Å²) in [5.74, 6) is -1.21. The Kier molecular flexibility index (Phi) is 17.5. The van der Waals surface area contributed by atoms with Gasteiger partial charge in [0.15, 0.2) is 0 Å². The van der Waals surface area contributed by atoms with Gasteiger partial charge in [-0.25, -0.2) is 9.97 Å². The van der Waals surface area contributed by atoms with E-state index in [1.165, 1.54) is 0 Å². The highest BCUT2D eigenvalue weighted by atomic mass is 16.5. The molecule has 0 spiro atoms. The van der Waals surface area contributed by atoms with E-state index in [0.29, 0.717) is 36.2 Å². The van der Waals surface area contributed by atoms with Crippen molar-refractivity contribution in [2.24, 2.45) is 0 Å². The minimum Gasteiger partial charge on any atom is -0.481 e. The van der Waals surface area contributed by atoms with E-state index in [0.717, 1.165) is 44.5 Å². The molecule has 4 aromatic rings. The third-order valence-electron chi connectivity index (χ3n) is 8.43. The summed E-state index contributed by atoms with van der Waals surface area (Å²) in [5.41, 5.74) is 9.53. The van der Waals surface area contributed by atoms with Crippen LogP contribution in [0.15, 0.2) is 60.7 Å². The van der Waals surface area contributed by atoms with Crippen LogP contribution in [-0.2, 0) is 22.7 Å². The largest absolute Gasteiger partial charge is 0.481 e. The number of aliphatic hydroxyl groups is 2. The quantitative estimate of drug-likeness (QED) is 0.0661. The van der Waals surface area contributed by atoms with Gasteiger partial charge in [0.05, 0.1) is 50.7 Å². The van der Waals surface area contributed by atoms with Crippen molar-refractivity contribution in [1.82, 2.24) is 20.6 Å². The second-order valence-corrected chi connectivity index (χ2v) is 12.3. The van der Waals surface area contributed by atoms with E-state index >= 15 is 0 Å². The number of ether oxygens (including phenoxy) is 2. The van der Waals surface area contributed by atoms with Gasteiger partial charge in [-0.3, -0.25) is 9.59 Å². The molecular weight excluding hydrogens is 688 g/mol. The van der Waals surface area contributed by atoms with Gasteiger partial charge < -0.3 is 40.5 Å². The van der Waals surface area contributed by atoms with E-state index < -0.39 is 24.1 Å². The van der Waals surface area contributed by atoms with Gasteiger partial charge in [-0.1, -0.05) is 74.5 Å². The number of hydrogen-bond donors (Lipinski definition) is 6. The van der Waals surface area contributed by atoms with Crippen LogP contribution in [0.5, 0.6) is 11.8 Å². The lowest BCUT2D eigenvalue weighted by molar-refractivity contribution is -0.140. The number of nitrogens with one attached hydrogen (secondary N) is 2. The fourth-order valence-electron chi connectivity index (χ4n) is 5.67. The standard InChI is InChI=1S/C40H46N4O8.C2H6/c1-25-27(11-15-31-17-13-29(39(43-31)51-3)21-41-23-33(45)19-37(47)48)7-5-9-35(25)36-10-6-8-28(26(36)2)12-16-32-18-14-30(40(44-32)52-4)22-42-24-34(46)20-38(49)50;1-2/h5-18,33-34,41-42,45-46H,19-24H2,1-4H3,(H,47,48)(H,49,50);1-2H3/b15-11+,16-12+;. The van der Waals surface area contributed by atoms with E-state index in [4.69, 9.17) is 19.7 Å². The number of pyridine rings is 2. The average molecular weight is 741 g/mol. The molecule has 54 heavy (non-hydrogen) atoms. The Morgan fingerprint density at radius 2 is 1.04 bits per heavy atom. The Morgan fingerprint density at radius 3 is 1.39 bits per heavy atom. The van der Waals surface area contributed by atoms with Crippen molar-refractivity contribution in [2.45, 2.75) is 65.8 Å². The summed E-state index contributed by atoms with van der Waals surface area (Å²) in [6, 6.07) is 20.0. The Bertz CT molecular complexity index is 1770. The highest BCUT2D eigenvalue weighted by molar-refractivity contribution is 5.81. The molecule has 0 radical (unpaired) electrons. The van der Waals surface area contributed by atoms with Gasteiger partial charge in [0, 0.05) is 37.3 Å². The van der Waals surface area contributed by atoms with Gasteiger partial charge in [0.1, 0.15) is 0 Å². The van der Waals surface area contributed by atoms with E-state index in [1.807, 2.05) is 74.5 Å².